The molecule has 1 aliphatic rings. The molecule has 2 amide bonds. The van der Waals surface area contributed by atoms with Crippen LogP contribution >= 0.6 is 0 Å². The fourth-order valence-corrected chi connectivity index (χ4v) is 2.45. The molecule has 2 unspecified atom stereocenters. The number of hydrogen-bond acceptors (Lipinski definition) is 3. The summed E-state index contributed by atoms with van der Waals surface area (Å²) in [6.07, 6.45) is 1.96. The molecule has 0 bridgehead atoms. The third kappa shape index (κ3) is 3.95. The molecule has 0 saturated carbocycles. The Morgan fingerprint density at radius 2 is 1.65 bits per heavy atom. The predicted octanol–water partition coefficient (Wildman–Crippen LogP) is 0.860. The third-order valence-electron chi connectivity index (χ3n) is 3.52. The Bertz CT molecular complexity index is 394. The van der Waals surface area contributed by atoms with Crippen LogP contribution in [0.5, 0.6) is 0 Å². The minimum atomic E-state index is -1.17. The topological polar surface area (TPSA) is 86.7 Å². The number of nitrogens with one attached hydrogen (secondary N) is 1. The Morgan fingerprint density at radius 3 is 2.05 bits per heavy atom. The van der Waals surface area contributed by atoms with Gasteiger partial charge in [0.2, 0.25) is 11.8 Å². The van der Waals surface area contributed by atoms with Crippen molar-refractivity contribution < 1.29 is 19.5 Å². The van der Waals surface area contributed by atoms with Crippen LogP contribution in [0.25, 0.3) is 0 Å². The second-order valence-electron chi connectivity index (χ2n) is 6.40. The van der Waals surface area contributed by atoms with Crippen molar-refractivity contribution in [3.8, 4) is 0 Å². The van der Waals surface area contributed by atoms with Gasteiger partial charge in [0.15, 0.2) is 0 Å². The lowest BCUT2D eigenvalue weighted by Gasteiger charge is -2.28. The second kappa shape index (κ2) is 6.24. The molecule has 20 heavy (non-hydrogen) atoms. The lowest BCUT2D eigenvalue weighted by Crippen LogP contribution is -2.51. The van der Waals surface area contributed by atoms with E-state index in [1.54, 1.807) is 32.6 Å². The quantitative estimate of drug-likeness (QED) is 0.750. The Morgan fingerprint density at radius 1 is 1.15 bits per heavy atom. The summed E-state index contributed by atoms with van der Waals surface area (Å²) in [5.41, 5.74) is -0.702. The van der Waals surface area contributed by atoms with Gasteiger partial charge >= 0.3 is 5.97 Å². The van der Waals surface area contributed by atoms with Crippen molar-refractivity contribution in [2.75, 3.05) is 13.1 Å². The molecule has 2 atom stereocenters. The van der Waals surface area contributed by atoms with Gasteiger partial charge in [-0.25, -0.2) is 0 Å². The number of rotatable bonds is 4. The first kappa shape index (κ1) is 16.5. The Labute approximate surface area is 119 Å². The molecule has 1 heterocycles. The van der Waals surface area contributed by atoms with Crippen LogP contribution < -0.4 is 5.32 Å². The summed E-state index contributed by atoms with van der Waals surface area (Å²) in [6, 6.07) is -0.690. The van der Waals surface area contributed by atoms with Gasteiger partial charge in [0.1, 0.15) is 12.0 Å². The molecule has 0 radical (unpaired) electrons. The van der Waals surface area contributed by atoms with E-state index in [9.17, 15) is 19.5 Å². The lowest BCUT2D eigenvalue weighted by molar-refractivity contribution is -0.152. The van der Waals surface area contributed by atoms with E-state index in [1.165, 1.54) is 0 Å². The largest absolute Gasteiger partial charge is 0.481 e. The van der Waals surface area contributed by atoms with E-state index in [4.69, 9.17) is 0 Å². The second-order valence-corrected chi connectivity index (χ2v) is 6.40. The highest BCUT2D eigenvalue weighted by atomic mass is 16.4. The zero-order valence-corrected chi connectivity index (χ0v) is 12.6. The highest BCUT2D eigenvalue weighted by molar-refractivity contribution is 5.99. The minimum absolute atomic E-state index is 0.145. The predicted molar refractivity (Wildman–Crippen MR) is 74.0 cm³/mol. The molecule has 1 rings (SSSR count). The third-order valence-corrected chi connectivity index (χ3v) is 3.52. The highest BCUT2D eigenvalue weighted by Crippen LogP contribution is 2.26. The van der Waals surface area contributed by atoms with Gasteiger partial charge in [0.25, 0.3) is 0 Å². The maximum atomic E-state index is 12.1. The van der Waals surface area contributed by atoms with E-state index in [1.807, 2.05) is 0 Å². The number of likely N-dealkylation sites (tertiary alicyclic amines) is 1. The summed E-state index contributed by atoms with van der Waals surface area (Å²) in [6.45, 7) is 8.09. The molecule has 0 aromatic rings. The van der Waals surface area contributed by atoms with Gasteiger partial charge in [-0.3, -0.25) is 14.4 Å². The normalized spacial score (nSPS) is 18.5. The van der Waals surface area contributed by atoms with Crippen molar-refractivity contribution in [3.05, 3.63) is 0 Å². The van der Waals surface area contributed by atoms with Crippen molar-refractivity contribution in [2.24, 2.45) is 11.3 Å². The van der Waals surface area contributed by atoms with Gasteiger partial charge < -0.3 is 15.3 Å². The molecule has 0 aromatic heterocycles. The number of carbonyl (C=O) groups is 3. The first-order valence-electron chi connectivity index (χ1n) is 6.96. The van der Waals surface area contributed by atoms with Crippen molar-refractivity contribution in [3.63, 3.8) is 0 Å². The van der Waals surface area contributed by atoms with Crippen LogP contribution in [-0.4, -0.2) is 46.9 Å². The number of aliphatic carboxylic acids is 1. The standard InChI is InChI=1S/C14H24N2O4/c1-9(12(18)16-7-5-6-8-16)15-11(17)10(13(19)20)14(2,3)4/h9-10H,5-8H2,1-4H3,(H,15,17)(H,19,20). The first-order valence-corrected chi connectivity index (χ1v) is 6.96. The highest BCUT2D eigenvalue weighted by Gasteiger charge is 2.39. The number of carbonyl (C=O) groups excluding carboxylic acids is 2. The van der Waals surface area contributed by atoms with Gasteiger partial charge in [-0.05, 0) is 25.2 Å². The van der Waals surface area contributed by atoms with Crippen LogP contribution in [0.15, 0.2) is 0 Å². The van der Waals surface area contributed by atoms with Crippen LogP contribution in [-0.2, 0) is 14.4 Å². The van der Waals surface area contributed by atoms with E-state index < -0.39 is 29.3 Å². The van der Waals surface area contributed by atoms with Crippen molar-refractivity contribution in [1.29, 1.82) is 0 Å². The van der Waals surface area contributed by atoms with Crippen molar-refractivity contribution in [1.82, 2.24) is 10.2 Å². The average molecular weight is 284 g/mol. The monoisotopic (exact) mass is 284 g/mol. The van der Waals surface area contributed by atoms with Crippen molar-refractivity contribution >= 4 is 17.8 Å². The summed E-state index contributed by atoms with van der Waals surface area (Å²) >= 11 is 0. The van der Waals surface area contributed by atoms with Gasteiger partial charge in [0.05, 0.1) is 0 Å². The Hall–Kier alpha value is -1.59. The molecular formula is C14H24N2O4. The molecule has 1 fully saturated rings. The van der Waals surface area contributed by atoms with E-state index >= 15 is 0 Å². The summed E-state index contributed by atoms with van der Waals surface area (Å²) in [5.74, 6) is -3.09. The maximum absolute atomic E-state index is 12.1. The minimum Gasteiger partial charge on any atom is -0.481 e. The Kier molecular flexibility index (Phi) is 5.14. The number of carboxylic acids is 1. The molecule has 114 valence electrons. The summed E-state index contributed by atoms with van der Waals surface area (Å²) in [5, 5.41) is 11.7. The maximum Gasteiger partial charge on any atom is 0.316 e. The van der Waals surface area contributed by atoms with E-state index in [0.29, 0.717) is 13.1 Å². The average Bonchev–Trinajstić information content (AvgIpc) is 2.78. The van der Waals surface area contributed by atoms with E-state index in [-0.39, 0.29) is 5.91 Å². The molecule has 1 saturated heterocycles. The van der Waals surface area contributed by atoms with Gasteiger partial charge in [-0.1, -0.05) is 20.8 Å². The fraction of sp³-hybridized carbons (Fsp3) is 0.786. The number of nitrogens with zero attached hydrogens (tertiary/aromatic N) is 1. The zero-order chi connectivity index (χ0) is 15.5. The smallest absolute Gasteiger partial charge is 0.316 e. The van der Waals surface area contributed by atoms with Crippen LogP contribution in [0.4, 0.5) is 0 Å². The van der Waals surface area contributed by atoms with Crippen LogP contribution in [0.2, 0.25) is 0 Å². The van der Waals surface area contributed by atoms with Crippen LogP contribution in [0, 0.1) is 11.3 Å². The van der Waals surface area contributed by atoms with Gasteiger partial charge in [-0.15, -0.1) is 0 Å². The molecule has 0 spiro atoms. The number of carboxylic acid groups (broad SMARTS) is 1. The molecule has 0 aromatic carbocycles. The van der Waals surface area contributed by atoms with Crippen molar-refractivity contribution in [2.45, 2.75) is 46.6 Å². The molecule has 1 aliphatic heterocycles. The summed E-state index contributed by atoms with van der Waals surface area (Å²) in [7, 11) is 0. The first-order chi connectivity index (χ1) is 9.14. The van der Waals surface area contributed by atoms with Crippen LogP contribution in [0.3, 0.4) is 0 Å². The van der Waals surface area contributed by atoms with Gasteiger partial charge in [0, 0.05) is 13.1 Å². The van der Waals surface area contributed by atoms with Gasteiger partial charge in [-0.2, -0.15) is 0 Å². The molecule has 6 heteroatoms. The summed E-state index contributed by atoms with van der Waals surface area (Å²) in [4.78, 5) is 37.1. The number of amides is 2. The fourth-order valence-electron chi connectivity index (χ4n) is 2.45. The molecular weight excluding hydrogens is 260 g/mol. The Balaban J connectivity index is 2.68. The zero-order valence-electron chi connectivity index (χ0n) is 12.6. The van der Waals surface area contributed by atoms with Crippen LogP contribution in [0.1, 0.15) is 40.5 Å². The number of hydrogen-bond donors (Lipinski definition) is 2. The molecule has 2 N–H and O–H groups in total. The lowest BCUT2D eigenvalue weighted by atomic mass is 9.80. The molecule has 0 aliphatic carbocycles. The SMILES string of the molecule is CC(NC(=O)C(C(=O)O)C(C)(C)C)C(=O)N1CCCC1. The molecule has 6 nitrogen and oxygen atoms in total. The van der Waals surface area contributed by atoms with E-state index in [0.717, 1.165) is 12.8 Å². The van der Waals surface area contributed by atoms with E-state index in [2.05, 4.69) is 5.32 Å². The summed E-state index contributed by atoms with van der Waals surface area (Å²) < 4.78 is 0.